The molecule has 0 fully saturated rings. The maximum atomic E-state index is 0. The van der Waals surface area contributed by atoms with Crippen molar-refractivity contribution in [3.8, 4) is 0 Å². The number of halogens is 7. The van der Waals surface area contributed by atoms with Gasteiger partial charge in [0.25, 0.3) is 0 Å². The molecule has 0 aliphatic carbocycles. The zero-order chi connectivity index (χ0) is 0. The standard InChI is InChI=1S/Al.7FH/h;7*1H/q+3;;;;;;;/p-3. The van der Waals surface area contributed by atoms with Crippen molar-refractivity contribution in [1.82, 2.24) is 0 Å². The molecule has 0 aromatic heterocycles. The van der Waals surface area contributed by atoms with Gasteiger partial charge < -0.3 is 14.1 Å². The fourth-order valence-corrected chi connectivity index (χ4v) is 0. The van der Waals surface area contributed by atoms with Gasteiger partial charge in [-0.1, -0.05) is 0 Å². The van der Waals surface area contributed by atoms with E-state index in [1.165, 1.54) is 0 Å². The van der Waals surface area contributed by atoms with Crippen LogP contribution >= 0.6 is 0 Å². The third kappa shape index (κ3) is 85200. The van der Waals surface area contributed by atoms with E-state index in [1.54, 1.807) is 0 Å². The molecular formula is H4AlF7. The zero-order valence-corrected chi connectivity index (χ0v) is 4.50. The molecule has 0 rings (SSSR count). The van der Waals surface area contributed by atoms with Crippen molar-refractivity contribution in [2.45, 2.75) is 0 Å². The van der Waals surface area contributed by atoms with Crippen LogP contribution in [0.25, 0.3) is 0 Å². The van der Waals surface area contributed by atoms with E-state index in [0.29, 0.717) is 0 Å². The van der Waals surface area contributed by atoms with E-state index in [2.05, 4.69) is 0 Å². The molecule has 56 valence electrons. The molecule has 0 aromatic rings. The molecule has 0 aromatic carbocycles. The summed E-state index contributed by atoms with van der Waals surface area (Å²) < 4.78 is 0. The monoisotopic (exact) mass is 164 g/mol. The minimum atomic E-state index is 0. The van der Waals surface area contributed by atoms with E-state index in [9.17, 15) is 0 Å². The van der Waals surface area contributed by atoms with Crippen LogP contribution in [0.5, 0.6) is 0 Å². The Labute approximate surface area is 51.3 Å². The molecule has 0 saturated heterocycles. The Morgan fingerprint density at radius 1 is 0.375 bits per heavy atom. The molecule has 8 heavy (non-hydrogen) atoms. The zero-order valence-electron chi connectivity index (χ0n) is 3.34. The Hall–Kier alpha value is 0.0425. The van der Waals surface area contributed by atoms with Crippen molar-refractivity contribution >= 4 is 17.4 Å². The topological polar surface area (TPSA) is 0 Å². The van der Waals surface area contributed by atoms with Crippen LogP contribution in [0.1, 0.15) is 0 Å². The van der Waals surface area contributed by atoms with Gasteiger partial charge in [-0.05, 0) is 0 Å². The molecular weight excluding hydrogens is 160 g/mol. The normalized spacial score (nSPS) is 0. The van der Waals surface area contributed by atoms with Gasteiger partial charge >= 0.3 is 17.4 Å². The second-order valence-corrected chi connectivity index (χ2v) is 0. The summed E-state index contributed by atoms with van der Waals surface area (Å²) in [5.74, 6) is 0. The second kappa shape index (κ2) is 143000. The van der Waals surface area contributed by atoms with E-state index in [1.807, 2.05) is 0 Å². The van der Waals surface area contributed by atoms with Crippen molar-refractivity contribution in [2.75, 3.05) is 0 Å². The molecule has 0 radical (unpaired) electrons. The summed E-state index contributed by atoms with van der Waals surface area (Å²) >= 11 is 0. The predicted molar refractivity (Wildman–Crippen MR) is 15.8 cm³/mol. The van der Waals surface area contributed by atoms with Crippen molar-refractivity contribution in [2.24, 2.45) is 0 Å². The number of rotatable bonds is 0. The Kier molecular flexibility index (Phi) is 3940000000. The van der Waals surface area contributed by atoms with Crippen molar-refractivity contribution in [3.63, 3.8) is 0 Å². The van der Waals surface area contributed by atoms with Gasteiger partial charge in [0, 0.05) is 0 Å². The SMILES string of the molecule is F.F.F.F.[Al+3].[F-].[F-].[F-]. The summed E-state index contributed by atoms with van der Waals surface area (Å²) in [6.07, 6.45) is 0. The first-order chi connectivity index (χ1) is 0. The van der Waals surface area contributed by atoms with E-state index in [-0.39, 0.29) is 50.3 Å². The minimum Gasteiger partial charge on any atom is -1.00 e. The van der Waals surface area contributed by atoms with Crippen LogP contribution in [-0.2, 0) is 0 Å². The van der Waals surface area contributed by atoms with Crippen LogP contribution in [0.2, 0.25) is 0 Å². The summed E-state index contributed by atoms with van der Waals surface area (Å²) in [5.41, 5.74) is 0. The smallest absolute Gasteiger partial charge is 1.00 e. The molecule has 0 bridgehead atoms. The molecule has 0 aliphatic rings. The maximum Gasteiger partial charge on any atom is 3.00 e. The Balaban J connectivity index is 0. The van der Waals surface area contributed by atoms with Crippen molar-refractivity contribution in [3.05, 3.63) is 0 Å². The Morgan fingerprint density at radius 2 is 0.375 bits per heavy atom. The van der Waals surface area contributed by atoms with E-state index < -0.39 is 0 Å². The van der Waals surface area contributed by atoms with Gasteiger partial charge in [-0.2, -0.15) is 0 Å². The first-order valence-corrected chi connectivity index (χ1v) is 0. The molecule has 0 N–H and O–H groups in total. The van der Waals surface area contributed by atoms with Crippen LogP contribution in [0.4, 0.5) is 18.8 Å². The molecule has 0 amide bonds. The molecule has 0 aliphatic heterocycles. The molecule has 0 nitrogen and oxygen atoms in total. The Bertz CT molecular complexity index is 4.35. The quantitative estimate of drug-likeness (QED) is 0.246. The van der Waals surface area contributed by atoms with E-state index in [4.69, 9.17) is 0 Å². The van der Waals surface area contributed by atoms with Crippen LogP contribution in [0, 0.1) is 0 Å². The maximum absolute atomic E-state index is 0. The minimum absolute atomic E-state index is 0. The van der Waals surface area contributed by atoms with Crippen LogP contribution in [0.3, 0.4) is 0 Å². The largest absolute Gasteiger partial charge is 3.00 e. The van der Waals surface area contributed by atoms with Gasteiger partial charge in [-0.25, -0.2) is 0 Å². The summed E-state index contributed by atoms with van der Waals surface area (Å²) in [7, 11) is 0. The third-order valence-corrected chi connectivity index (χ3v) is 0. The summed E-state index contributed by atoms with van der Waals surface area (Å²) in [4.78, 5) is 0. The third-order valence-electron chi connectivity index (χ3n) is 0. The summed E-state index contributed by atoms with van der Waals surface area (Å²) in [6.45, 7) is 0. The van der Waals surface area contributed by atoms with Gasteiger partial charge in [0.2, 0.25) is 0 Å². The van der Waals surface area contributed by atoms with Gasteiger partial charge in [0.05, 0.1) is 0 Å². The summed E-state index contributed by atoms with van der Waals surface area (Å²) in [6, 6.07) is 0. The molecule has 8 heteroatoms. The fourth-order valence-electron chi connectivity index (χ4n) is 0. The number of hydrogen-bond donors (Lipinski definition) is 0. The molecule has 0 unspecified atom stereocenters. The molecule has 0 heterocycles. The first kappa shape index (κ1) is 221000. The average Bonchev–Trinajstić information content (AvgIpc) is 0. The fraction of sp³-hybridized carbons (Fsp3) is 0. The average molecular weight is 164 g/mol. The van der Waals surface area contributed by atoms with E-state index >= 15 is 0 Å². The van der Waals surface area contributed by atoms with Gasteiger partial charge in [-0.3, -0.25) is 18.8 Å². The van der Waals surface area contributed by atoms with E-state index in [0.717, 1.165) is 0 Å². The van der Waals surface area contributed by atoms with Crippen molar-refractivity contribution in [1.29, 1.82) is 0 Å². The first-order valence-electron chi connectivity index (χ1n) is 0. The van der Waals surface area contributed by atoms with Crippen LogP contribution < -0.4 is 14.1 Å². The number of hydrogen-bond acceptors (Lipinski definition) is 0. The summed E-state index contributed by atoms with van der Waals surface area (Å²) in [5, 5.41) is 0. The van der Waals surface area contributed by atoms with Gasteiger partial charge in [0.15, 0.2) is 0 Å². The van der Waals surface area contributed by atoms with Gasteiger partial charge in [0.1, 0.15) is 0 Å². The van der Waals surface area contributed by atoms with Crippen LogP contribution in [0.15, 0.2) is 0 Å². The van der Waals surface area contributed by atoms with Gasteiger partial charge in [-0.15, -0.1) is 0 Å². The Morgan fingerprint density at radius 3 is 0.375 bits per heavy atom. The predicted octanol–water partition coefficient (Wildman–Crippen LogP) is -8.76. The van der Waals surface area contributed by atoms with Crippen molar-refractivity contribution < 1.29 is 32.9 Å². The molecule has 0 atom stereocenters. The second-order valence-electron chi connectivity index (χ2n) is 0. The molecule has 0 spiro atoms. The van der Waals surface area contributed by atoms with Crippen LogP contribution in [-0.4, -0.2) is 17.4 Å². The molecule has 0 saturated carbocycles.